The lowest BCUT2D eigenvalue weighted by Gasteiger charge is -2.17. The second kappa shape index (κ2) is 4.19. The van der Waals surface area contributed by atoms with E-state index in [2.05, 4.69) is 35.2 Å². The highest BCUT2D eigenvalue weighted by atomic mass is 16.3. The van der Waals surface area contributed by atoms with Gasteiger partial charge >= 0.3 is 0 Å². The Labute approximate surface area is 96.9 Å². The summed E-state index contributed by atoms with van der Waals surface area (Å²) >= 11 is 0. The van der Waals surface area contributed by atoms with Crippen molar-refractivity contribution >= 4 is 0 Å². The van der Waals surface area contributed by atoms with Crippen molar-refractivity contribution in [3.05, 3.63) is 35.9 Å². The first-order valence-corrected chi connectivity index (χ1v) is 6.27. The van der Waals surface area contributed by atoms with Gasteiger partial charge in [0.1, 0.15) is 0 Å². The monoisotopic (exact) mass is 217 g/mol. The molecular weight excluding hydrogens is 198 g/mol. The quantitative estimate of drug-likeness (QED) is 0.817. The lowest BCUT2D eigenvalue weighted by atomic mass is 10.00. The van der Waals surface area contributed by atoms with E-state index in [1.807, 2.05) is 0 Å². The lowest BCUT2D eigenvalue weighted by molar-refractivity contribution is 0.123. The second-order valence-electron chi connectivity index (χ2n) is 5.25. The van der Waals surface area contributed by atoms with Crippen molar-refractivity contribution in [2.24, 2.45) is 11.8 Å². The van der Waals surface area contributed by atoms with Crippen LogP contribution in [0.1, 0.15) is 18.4 Å². The molecule has 2 heteroatoms. The summed E-state index contributed by atoms with van der Waals surface area (Å²) in [5.41, 5.74) is 1.39. The SMILES string of the molecule is OC1CCC2CN(Cc3ccccc3)C[C@@H]12. The van der Waals surface area contributed by atoms with Gasteiger partial charge in [-0.2, -0.15) is 0 Å². The third-order valence-electron chi connectivity index (χ3n) is 4.14. The topological polar surface area (TPSA) is 23.5 Å². The zero-order valence-electron chi connectivity index (χ0n) is 9.55. The van der Waals surface area contributed by atoms with E-state index in [9.17, 15) is 5.11 Å². The van der Waals surface area contributed by atoms with Crippen LogP contribution in [0.5, 0.6) is 0 Å². The third kappa shape index (κ3) is 1.87. The van der Waals surface area contributed by atoms with E-state index < -0.39 is 0 Å². The molecule has 1 aliphatic carbocycles. The number of benzene rings is 1. The summed E-state index contributed by atoms with van der Waals surface area (Å²) in [6.45, 7) is 3.30. The first kappa shape index (κ1) is 10.3. The highest BCUT2D eigenvalue weighted by Crippen LogP contribution is 2.38. The molecule has 0 amide bonds. The van der Waals surface area contributed by atoms with Gasteiger partial charge in [0.15, 0.2) is 0 Å². The first-order chi connectivity index (χ1) is 7.83. The average Bonchev–Trinajstić information content (AvgIpc) is 2.83. The van der Waals surface area contributed by atoms with Gasteiger partial charge in [0.2, 0.25) is 0 Å². The van der Waals surface area contributed by atoms with Crippen LogP contribution >= 0.6 is 0 Å². The molecule has 1 heterocycles. The number of hydrogen-bond acceptors (Lipinski definition) is 2. The normalized spacial score (nSPS) is 34.2. The van der Waals surface area contributed by atoms with Gasteiger partial charge in [-0.15, -0.1) is 0 Å². The van der Waals surface area contributed by atoms with Gasteiger partial charge in [0.25, 0.3) is 0 Å². The summed E-state index contributed by atoms with van der Waals surface area (Å²) in [6.07, 6.45) is 2.21. The maximum Gasteiger partial charge on any atom is 0.0583 e. The second-order valence-corrected chi connectivity index (χ2v) is 5.25. The molecule has 86 valence electrons. The minimum Gasteiger partial charge on any atom is -0.393 e. The van der Waals surface area contributed by atoms with E-state index >= 15 is 0 Å². The molecule has 1 aliphatic heterocycles. The van der Waals surface area contributed by atoms with E-state index in [0.29, 0.717) is 5.92 Å². The molecule has 1 saturated heterocycles. The van der Waals surface area contributed by atoms with Crippen molar-refractivity contribution in [2.45, 2.75) is 25.5 Å². The fourth-order valence-corrected chi connectivity index (χ4v) is 3.30. The molecule has 2 fully saturated rings. The van der Waals surface area contributed by atoms with Gasteiger partial charge in [-0.1, -0.05) is 30.3 Å². The molecular formula is C14H19NO. The van der Waals surface area contributed by atoms with Crippen molar-refractivity contribution in [1.29, 1.82) is 0 Å². The summed E-state index contributed by atoms with van der Waals surface area (Å²) < 4.78 is 0. The van der Waals surface area contributed by atoms with Crippen LogP contribution in [-0.4, -0.2) is 29.2 Å². The van der Waals surface area contributed by atoms with Crippen LogP contribution in [0.4, 0.5) is 0 Å². The van der Waals surface area contributed by atoms with Gasteiger partial charge in [-0.25, -0.2) is 0 Å². The van der Waals surface area contributed by atoms with E-state index in [1.165, 1.54) is 18.5 Å². The molecule has 0 radical (unpaired) electrons. The van der Waals surface area contributed by atoms with Crippen LogP contribution in [-0.2, 0) is 6.54 Å². The van der Waals surface area contributed by atoms with Crippen LogP contribution in [0.25, 0.3) is 0 Å². The molecule has 16 heavy (non-hydrogen) atoms. The summed E-state index contributed by atoms with van der Waals surface area (Å²) in [5.74, 6) is 1.29. The maximum atomic E-state index is 9.86. The fraction of sp³-hybridized carbons (Fsp3) is 0.571. The number of fused-ring (bicyclic) bond motifs is 1. The molecule has 0 bridgehead atoms. The summed E-state index contributed by atoms with van der Waals surface area (Å²) in [4.78, 5) is 2.49. The minimum absolute atomic E-state index is 0.0363. The highest BCUT2D eigenvalue weighted by Gasteiger charge is 2.41. The molecule has 3 atom stereocenters. The van der Waals surface area contributed by atoms with Crippen molar-refractivity contribution in [1.82, 2.24) is 4.90 Å². The molecule has 2 aliphatic rings. The summed E-state index contributed by atoms with van der Waals surface area (Å²) in [6, 6.07) is 10.6. The molecule has 1 aromatic rings. The Morgan fingerprint density at radius 2 is 1.94 bits per heavy atom. The van der Waals surface area contributed by atoms with Gasteiger partial charge in [0, 0.05) is 25.6 Å². The lowest BCUT2D eigenvalue weighted by Crippen LogP contribution is -2.24. The predicted octanol–water partition coefficient (Wildman–Crippen LogP) is 1.89. The minimum atomic E-state index is -0.0363. The smallest absolute Gasteiger partial charge is 0.0583 e. The largest absolute Gasteiger partial charge is 0.393 e. The fourth-order valence-electron chi connectivity index (χ4n) is 3.30. The molecule has 1 aromatic carbocycles. The van der Waals surface area contributed by atoms with Crippen LogP contribution in [0.15, 0.2) is 30.3 Å². The molecule has 1 saturated carbocycles. The van der Waals surface area contributed by atoms with Crippen molar-refractivity contribution in [3.63, 3.8) is 0 Å². The number of likely N-dealkylation sites (tertiary alicyclic amines) is 1. The highest BCUT2D eigenvalue weighted by molar-refractivity contribution is 5.15. The Morgan fingerprint density at radius 1 is 1.12 bits per heavy atom. The Kier molecular flexibility index (Phi) is 2.70. The summed E-state index contributed by atoms with van der Waals surface area (Å²) in [5, 5.41) is 9.86. The van der Waals surface area contributed by atoms with Gasteiger partial charge in [-0.05, 0) is 24.3 Å². The number of rotatable bonds is 2. The molecule has 2 nitrogen and oxygen atoms in total. The molecule has 1 N–H and O–H groups in total. The van der Waals surface area contributed by atoms with E-state index in [0.717, 1.165) is 25.4 Å². The average molecular weight is 217 g/mol. The molecule has 0 spiro atoms. The number of aliphatic hydroxyl groups is 1. The Bertz CT molecular complexity index is 351. The van der Waals surface area contributed by atoms with Crippen molar-refractivity contribution < 1.29 is 5.11 Å². The van der Waals surface area contributed by atoms with Gasteiger partial charge in [0.05, 0.1) is 6.10 Å². The molecule has 0 aromatic heterocycles. The Hall–Kier alpha value is -0.860. The van der Waals surface area contributed by atoms with Crippen molar-refractivity contribution in [3.8, 4) is 0 Å². The maximum absolute atomic E-state index is 9.86. The van der Waals surface area contributed by atoms with Gasteiger partial charge in [-0.3, -0.25) is 4.90 Å². The number of hydrogen-bond donors (Lipinski definition) is 1. The number of aliphatic hydroxyl groups excluding tert-OH is 1. The van der Waals surface area contributed by atoms with E-state index in [-0.39, 0.29) is 6.10 Å². The van der Waals surface area contributed by atoms with Crippen LogP contribution < -0.4 is 0 Å². The predicted molar refractivity (Wildman–Crippen MR) is 63.9 cm³/mol. The van der Waals surface area contributed by atoms with E-state index in [1.54, 1.807) is 0 Å². The zero-order chi connectivity index (χ0) is 11.0. The van der Waals surface area contributed by atoms with Crippen LogP contribution in [0.3, 0.4) is 0 Å². The summed E-state index contributed by atoms with van der Waals surface area (Å²) in [7, 11) is 0. The van der Waals surface area contributed by atoms with Crippen LogP contribution in [0.2, 0.25) is 0 Å². The molecule has 3 rings (SSSR count). The Balaban J connectivity index is 1.63. The standard InChI is InChI=1S/C14H19NO/c16-14-7-6-12-9-15(10-13(12)14)8-11-4-2-1-3-5-11/h1-5,12-14,16H,6-10H2/t12?,13-,14?/m1/s1. The molecule has 2 unspecified atom stereocenters. The Morgan fingerprint density at radius 3 is 2.69 bits per heavy atom. The number of nitrogens with zero attached hydrogens (tertiary/aromatic N) is 1. The van der Waals surface area contributed by atoms with Crippen LogP contribution in [0, 0.1) is 11.8 Å². The third-order valence-corrected chi connectivity index (χ3v) is 4.14. The first-order valence-electron chi connectivity index (χ1n) is 6.27. The van der Waals surface area contributed by atoms with Crippen molar-refractivity contribution in [2.75, 3.05) is 13.1 Å². The van der Waals surface area contributed by atoms with Gasteiger partial charge < -0.3 is 5.11 Å². The zero-order valence-corrected chi connectivity index (χ0v) is 9.55. The van der Waals surface area contributed by atoms with E-state index in [4.69, 9.17) is 0 Å².